The number of fused-ring (bicyclic) bond motifs is 1. The van der Waals surface area contributed by atoms with E-state index >= 15 is 0 Å². The highest BCUT2D eigenvalue weighted by Gasteiger charge is 2.12. The molecule has 2 aromatic rings. The van der Waals surface area contributed by atoms with Crippen LogP contribution < -0.4 is 5.32 Å². The standard InChI is InChI=1S/C15H13BrN2O/c16-12-5-7-14(17-9-12)15(19)18-13-6-4-10-2-1-3-11(10)8-13/h4-9H,1-3H2,(H,18,19). The van der Waals surface area contributed by atoms with E-state index in [9.17, 15) is 4.79 Å². The molecule has 1 aromatic heterocycles. The monoisotopic (exact) mass is 316 g/mol. The Labute approximate surface area is 120 Å². The van der Waals surface area contributed by atoms with Crippen LogP contribution in [-0.4, -0.2) is 10.9 Å². The van der Waals surface area contributed by atoms with Crippen molar-refractivity contribution >= 4 is 27.5 Å². The van der Waals surface area contributed by atoms with E-state index < -0.39 is 0 Å². The number of aryl methyl sites for hydroxylation is 2. The normalized spacial score (nSPS) is 13.1. The summed E-state index contributed by atoms with van der Waals surface area (Å²) in [5.74, 6) is -0.176. The van der Waals surface area contributed by atoms with E-state index in [1.807, 2.05) is 12.1 Å². The zero-order valence-electron chi connectivity index (χ0n) is 10.3. The third-order valence-electron chi connectivity index (χ3n) is 3.32. The van der Waals surface area contributed by atoms with Crippen molar-refractivity contribution in [2.24, 2.45) is 0 Å². The smallest absolute Gasteiger partial charge is 0.274 e. The maximum Gasteiger partial charge on any atom is 0.274 e. The quantitative estimate of drug-likeness (QED) is 0.920. The fourth-order valence-electron chi connectivity index (χ4n) is 2.35. The molecular weight excluding hydrogens is 304 g/mol. The Hall–Kier alpha value is -1.68. The largest absolute Gasteiger partial charge is 0.321 e. The Kier molecular flexibility index (Phi) is 3.34. The molecule has 3 rings (SSSR count). The van der Waals surface area contributed by atoms with E-state index in [2.05, 4.69) is 38.4 Å². The average molecular weight is 317 g/mol. The Morgan fingerprint density at radius 2 is 2.00 bits per heavy atom. The van der Waals surface area contributed by atoms with Gasteiger partial charge in [-0.05, 0) is 70.6 Å². The van der Waals surface area contributed by atoms with Gasteiger partial charge in [0, 0.05) is 16.4 Å². The number of nitrogens with zero attached hydrogens (tertiary/aromatic N) is 1. The van der Waals surface area contributed by atoms with E-state index in [-0.39, 0.29) is 5.91 Å². The number of carbonyl (C=O) groups is 1. The highest BCUT2D eigenvalue weighted by atomic mass is 79.9. The number of hydrogen-bond donors (Lipinski definition) is 1. The Balaban J connectivity index is 1.77. The summed E-state index contributed by atoms with van der Waals surface area (Å²) < 4.78 is 0.863. The van der Waals surface area contributed by atoms with Crippen LogP contribution in [0, 0.1) is 0 Å². The SMILES string of the molecule is O=C(Nc1ccc2c(c1)CCC2)c1ccc(Br)cn1. The van der Waals surface area contributed by atoms with Gasteiger partial charge in [-0.15, -0.1) is 0 Å². The Bertz CT molecular complexity index is 623. The maximum atomic E-state index is 12.0. The van der Waals surface area contributed by atoms with Crippen LogP contribution in [0.4, 0.5) is 5.69 Å². The molecule has 0 fully saturated rings. The van der Waals surface area contributed by atoms with Crippen LogP contribution in [-0.2, 0) is 12.8 Å². The zero-order chi connectivity index (χ0) is 13.2. The number of aromatic nitrogens is 1. The van der Waals surface area contributed by atoms with Gasteiger partial charge in [0.2, 0.25) is 0 Å². The van der Waals surface area contributed by atoms with Crippen LogP contribution in [0.25, 0.3) is 0 Å². The molecule has 1 heterocycles. The third kappa shape index (κ3) is 2.68. The molecule has 1 aliphatic rings. The summed E-state index contributed by atoms with van der Waals surface area (Å²) in [6.45, 7) is 0. The first kappa shape index (κ1) is 12.4. The van der Waals surface area contributed by atoms with Gasteiger partial charge in [0.25, 0.3) is 5.91 Å². The molecule has 0 spiro atoms. The fraction of sp³-hybridized carbons (Fsp3) is 0.200. The van der Waals surface area contributed by atoms with Crippen molar-refractivity contribution in [1.29, 1.82) is 0 Å². The van der Waals surface area contributed by atoms with E-state index in [4.69, 9.17) is 0 Å². The summed E-state index contributed by atoms with van der Waals surface area (Å²) in [6, 6.07) is 9.64. The molecule has 96 valence electrons. The molecule has 1 aromatic carbocycles. The summed E-state index contributed by atoms with van der Waals surface area (Å²) in [5, 5.41) is 2.89. The minimum Gasteiger partial charge on any atom is -0.321 e. The molecule has 0 aliphatic heterocycles. The van der Waals surface area contributed by atoms with Crippen molar-refractivity contribution in [3.05, 3.63) is 57.8 Å². The summed E-state index contributed by atoms with van der Waals surface area (Å²) in [6.07, 6.45) is 5.09. The molecule has 1 N–H and O–H groups in total. The second kappa shape index (κ2) is 5.13. The number of amides is 1. The molecule has 0 unspecified atom stereocenters. The predicted molar refractivity (Wildman–Crippen MR) is 78.4 cm³/mol. The predicted octanol–water partition coefficient (Wildman–Crippen LogP) is 3.59. The fourth-order valence-corrected chi connectivity index (χ4v) is 2.59. The minimum absolute atomic E-state index is 0.176. The Morgan fingerprint density at radius 1 is 1.16 bits per heavy atom. The van der Waals surface area contributed by atoms with Crippen molar-refractivity contribution in [3.63, 3.8) is 0 Å². The summed E-state index contributed by atoms with van der Waals surface area (Å²) in [5.41, 5.74) is 4.01. The molecule has 1 amide bonds. The van der Waals surface area contributed by atoms with Crippen LogP contribution >= 0.6 is 15.9 Å². The van der Waals surface area contributed by atoms with Gasteiger partial charge in [0.15, 0.2) is 0 Å². The van der Waals surface area contributed by atoms with Gasteiger partial charge >= 0.3 is 0 Å². The number of carbonyl (C=O) groups excluding carboxylic acids is 1. The zero-order valence-corrected chi connectivity index (χ0v) is 11.9. The number of nitrogens with one attached hydrogen (secondary N) is 1. The molecule has 3 nitrogen and oxygen atoms in total. The molecule has 0 saturated heterocycles. The van der Waals surface area contributed by atoms with Crippen LogP contribution in [0.5, 0.6) is 0 Å². The van der Waals surface area contributed by atoms with Gasteiger partial charge in [0.1, 0.15) is 5.69 Å². The van der Waals surface area contributed by atoms with Gasteiger partial charge < -0.3 is 5.32 Å². The van der Waals surface area contributed by atoms with E-state index in [1.165, 1.54) is 17.5 Å². The maximum absolute atomic E-state index is 12.0. The number of halogens is 1. The molecule has 0 atom stereocenters. The number of rotatable bonds is 2. The van der Waals surface area contributed by atoms with Crippen molar-refractivity contribution in [2.45, 2.75) is 19.3 Å². The van der Waals surface area contributed by atoms with Crippen molar-refractivity contribution in [1.82, 2.24) is 4.98 Å². The molecule has 0 saturated carbocycles. The summed E-state index contributed by atoms with van der Waals surface area (Å²) in [4.78, 5) is 16.1. The van der Waals surface area contributed by atoms with Gasteiger partial charge in [-0.25, -0.2) is 4.98 Å². The summed E-state index contributed by atoms with van der Waals surface area (Å²) >= 11 is 3.30. The molecule has 0 bridgehead atoms. The van der Waals surface area contributed by atoms with Gasteiger partial charge in [-0.1, -0.05) is 6.07 Å². The van der Waals surface area contributed by atoms with Gasteiger partial charge in [-0.3, -0.25) is 4.79 Å². The number of pyridine rings is 1. The van der Waals surface area contributed by atoms with Crippen molar-refractivity contribution < 1.29 is 4.79 Å². The molecule has 4 heteroatoms. The van der Waals surface area contributed by atoms with E-state index in [0.717, 1.165) is 23.0 Å². The van der Waals surface area contributed by atoms with Crippen molar-refractivity contribution in [3.8, 4) is 0 Å². The third-order valence-corrected chi connectivity index (χ3v) is 3.79. The second-order valence-electron chi connectivity index (χ2n) is 4.65. The van der Waals surface area contributed by atoms with E-state index in [1.54, 1.807) is 12.3 Å². The topological polar surface area (TPSA) is 42.0 Å². The van der Waals surface area contributed by atoms with Crippen molar-refractivity contribution in [2.75, 3.05) is 5.32 Å². The van der Waals surface area contributed by atoms with Crippen LogP contribution in [0.15, 0.2) is 41.0 Å². The number of benzene rings is 1. The second-order valence-corrected chi connectivity index (χ2v) is 5.57. The lowest BCUT2D eigenvalue weighted by molar-refractivity contribution is 0.102. The molecule has 1 aliphatic carbocycles. The molecule has 0 radical (unpaired) electrons. The van der Waals surface area contributed by atoms with Crippen LogP contribution in [0.3, 0.4) is 0 Å². The average Bonchev–Trinajstić information content (AvgIpc) is 2.87. The first-order valence-electron chi connectivity index (χ1n) is 6.27. The Morgan fingerprint density at radius 3 is 2.79 bits per heavy atom. The minimum atomic E-state index is -0.176. The van der Waals surface area contributed by atoms with Gasteiger partial charge in [-0.2, -0.15) is 0 Å². The lowest BCUT2D eigenvalue weighted by Gasteiger charge is -2.07. The first-order chi connectivity index (χ1) is 9.22. The summed E-state index contributed by atoms with van der Waals surface area (Å²) in [7, 11) is 0. The lowest BCUT2D eigenvalue weighted by Crippen LogP contribution is -2.13. The first-order valence-corrected chi connectivity index (χ1v) is 7.06. The molecular formula is C15H13BrN2O. The van der Waals surface area contributed by atoms with Gasteiger partial charge in [0.05, 0.1) is 0 Å². The lowest BCUT2D eigenvalue weighted by atomic mass is 10.1. The number of hydrogen-bond acceptors (Lipinski definition) is 2. The molecule has 19 heavy (non-hydrogen) atoms. The van der Waals surface area contributed by atoms with Crippen LogP contribution in [0.1, 0.15) is 28.0 Å². The van der Waals surface area contributed by atoms with Crippen LogP contribution in [0.2, 0.25) is 0 Å². The highest BCUT2D eigenvalue weighted by molar-refractivity contribution is 9.10. The highest BCUT2D eigenvalue weighted by Crippen LogP contribution is 2.25. The van der Waals surface area contributed by atoms with E-state index in [0.29, 0.717) is 5.69 Å². The number of anilines is 1.